The maximum atomic E-state index is 13.5. The molecule has 1 heterocycles. The summed E-state index contributed by atoms with van der Waals surface area (Å²) < 4.78 is 41.8. The molecule has 2 rings (SSSR count). The van der Waals surface area contributed by atoms with E-state index in [1.807, 2.05) is 0 Å². The molecule has 0 aliphatic heterocycles. The van der Waals surface area contributed by atoms with Crippen molar-refractivity contribution in [3.05, 3.63) is 41.0 Å². The van der Waals surface area contributed by atoms with E-state index in [4.69, 9.17) is 5.73 Å². The molecule has 114 valence electrons. The maximum Gasteiger partial charge on any atom is 0.260 e. The molecule has 6 nitrogen and oxygen atoms in total. The number of nitrogens with two attached hydrogens (primary N) is 1. The molecule has 0 fully saturated rings. The fourth-order valence-corrected chi connectivity index (χ4v) is 3.40. The lowest BCUT2D eigenvalue weighted by atomic mass is 10.1. The number of nitrogens with one attached hydrogen (secondary N) is 1. The van der Waals surface area contributed by atoms with Crippen LogP contribution in [0.25, 0.3) is 0 Å². The number of nitrogens with zero attached hydrogens (tertiary/aromatic N) is 2. The van der Waals surface area contributed by atoms with Gasteiger partial charge >= 0.3 is 0 Å². The van der Waals surface area contributed by atoms with E-state index in [1.165, 1.54) is 10.9 Å². The molecule has 0 radical (unpaired) electrons. The van der Waals surface area contributed by atoms with Gasteiger partial charge in [0.05, 0.1) is 6.33 Å². The Morgan fingerprint density at radius 1 is 1.33 bits per heavy atom. The third-order valence-electron chi connectivity index (χ3n) is 3.13. The number of benzene rings is 1. The zero-order valence-corrected chi connectivity index (χ0v) is 12.8. The van der Waals surface area contributed by atoms with Crippen LogP contribution in [0, 0.1) is 19.7 Å². The molecule has 0 aliphatic rings. The van der Waals surface area contributed by atoms with Crippen molar-refractivity contribution in [3.8, 4) is 0 Å². The van der Waals surface area contributed by atoms with Crippen LogP contribution in [0.3, 0.4) is 0 Å². The molecule has 0 atom stereocenters. The topological polar surface area (TPSA) is 90.0 Å². The number of hydrogen-bond donors (Lipinski definition) is 2. The quantitative estimate of drug-likeness (QED) is 0.888. The highest BCUT2D eigenvalue weighted by atomic mass is 32.2. The van der Waals surface area contributed by atoms with Crippen LogP contribution < -0.4 is 10.5 Å². The van der Waals surface area contributed by atoms with Gasteiger partial charge in [-0.15, -0.1) is 0 Å². The highest BCUT2D eigenvalue weighted by Crippen LogP contribution is 2.17. The molecule has 0 saturated heterocycles. The monoisotopic (exact) mass is 312 g/mol. The summed E-state index contributed by atoms with van der Waals surface area (Å²) in [5.41, 5.74) is 7.19. The van der Waals surface area contributed by atoms with Crippen molar-refractivity contribution >= 4 is 15.8 Å². The van der Waals surface area contributed by atoms with Crippen molar-refractivity contribution < 1.29 is 12.8 Å². The Morgan fingerprint density at radius 2 is 1.90 bits per heavy atom. The van der Waals surface area contributed by atoms with E-state index in [-0.39, 0.29) is 23.2 Å². The van der Waals surface area contributed by atoms with Gasteiger partial charge in [-0.05, 0) is 30.5 Å². The number of sulfonamides is 1. The Balaban J connectivity index is 2.24. The minimum Gasteiger partial charge on any atom is -0.381 e. The Kier molecular flexibility index (Phi) is 4.02. The number of imidazole rings is 1. The van der Waals surface area contributed by atoms with Crippen LogP contribution in [-0.4, -0.2) is 18.0 Å². The second-order valence-corrected chi connectivity index (χ2v) is 6.60. The summed E-state index contributed by atoms with van der Waals surface area (Å²) in [4.78, 5) is 3.75. The SMILES string of the molecule is Cc1cc(CNS(=O)(=O)c2c(N)ncn2C)cc(C)c1F. The van der Waals surface area contributed by atoms with Gasteiger partial charge in [0.25, 0.3) is 10.0 Å². The molecule has 2 aromatic rings. The number of nitrogen functional groups attached to an aromatic ring is 1. The van der Waals surface area contributed by atoms with Crippen LogP contribution in [0.15, 0.2) is 23.5 Å². The van der Waals surface area contributed by atoms with Gasteiger partial charge in [-0.3, -0.25) is 0 Å². The predicted molar refractivity (Wildman–Crippen MR) is 77.5 cm³/mol. The lowest BCUT2D eigenvalue weighted by Crippen LogP contribution is -2.26. The van der Waals surface area contributed by atoms with E-state index >= 15 is 0 Å². The molecule has 1 aromatic carbocycles. The first kappa shape index (κ1) is 15.5. The van der Waals surface area contributed by atoms with Gasteiger partial charge in [-0.2, -0.15) is 0 Å². The third-order valence-corrected chi connectivity index (χ3v) is 4.66. The summed E-state index contributed by atoms with van der Waals surface area (Å²) in [6, 6.07) is 3.22. The Bertz CT molecular complexity index is 741. The smallest absolute Gasteiger partial charge is 0.260 e. The first-order chi connectivity index (χ1) is 9.72. The van der Waals surface area contributed by atoms with Crippen LogP contribution >= 0.6 is 0 Å². The van der Waals surface area contributed by atoms with Gasteiger partial charge in [0, 0.05) is 13.6 Å². The van der Waals surface area contributed by atoms with Crippen LogP contribution in [0.1, 0.15) is 16.7 Å². The molecule has 0 spiro atoms. The van der Waals surface area contributed by atoms with E-state index in [0.29, 0.717) is 16.7 Å². The molecular formula is C13H17FN4O2S. The summed E-state index contributed by atoms with van der Waals surface area (Å²) in [5, 5.41) is -0.0851. The molecule has 3 N–H and O–H groups in total. The van der Waals surface area contributed by atoms with Crippen LogP contribution in [-0.2, 0) is 23.6 Å². The van der Waals surface area contributed by atoms with Crippen molar-refractivity contribution in [2.45, 2.75) is 25.4 Å². The molecular weight excluding hydrogens is 295 g/mol. The molecule has 0 bridgehead atoms. The lowest BCUT2D eigenvalue weighted by Gasteiger charge is -2.10. The molecule has 0 saturated carbocycles. The summed E-state index contributed by atoms with van der Waals surface area (Å²) in [7, 11) is -2.23. The summed E-state index contributed by atoms with van der Waals surface area (Å²) in [6.07, 6.45) is 1.33. The van der Waals surface area contributed by atoms with Gasteiger partial charge in [0.15, 0.2) is 10.8 Å². The fourth-order valence-electron chi connectivity index (χ4n) is 2.15. The van der Waals surface area contributed by atoms with Gasteiger partial charge in [-0.25, -0.2) is 22.5 Å². The highest BCUT2D eigenvalue weighted by Gasteiger charge is 2.22. The van der Waals surface area contributed by atoms with E-state index in [0.717, 1.165) is 0 Å². The van der Waals surface area contributed by atoms with Crippen molar-refractivity contribution in [3.63, 3.8) is 0 Å². The number of halogens is 1. The molecule has 0 aliphatic carbocycles. The number of aromatic nitrogens is 2. The zero-order valence-electron chi connectivity index (χ0n) is 12.0. The van der Waals surface area contributed by atoms with E-state index in [1.54, 1.807) is 33.0 Å². The maximum absolute atomic E-state index is 13.5. The van der Waals surface area contributed by atoms with Crippen LogP contribution in [0.4, 0.5) is 10.2 Å². The van der Waals surface area contributed by atoms with Crippen molar-refractivity contribution in [2.75, 3.05) is 5.73 Å². The minimum absolute atomic E-state index is 0.0505. The lowest BCUT2D eigenvalue weighted by molar-refractivity contribution is 0.571. The van der Waals surface area contributed by atoms with Gasteiger partial charge in [0.2, 0.25) is 0 Å². The molecule has 0 unspecified atom stereocenters. The van der Waals surface area contributed by atoms with E-state index < -0.39 is 10.0 Å². The first-order valence-corrected chi connectivity index (χ1v) is 7.73. The largest absolute Gasteiger partial charge is 0.381 e. The standard InChI is InChI=1S/C13H17FN4O2S/c1-8-4-10(5-9(2)11(8)14)6-17-21(19,20)13-12(15)16-7-18(13)3/h4-5,7,17H,6,15H2,1-3H3. The van der Waals surface area contributed by atoms with Gasteiger partial charge in [-0.1, -0.05) is 12.1 Å². The second kappa shape index (κ2) is 5.45. The third kappa shape index (κ3) is 3.06. The summed E-state index contributed by atoms with van der Waals surface area (Å²) in [6.45, 7) is 3.33. The Labute approximate surface area is 122 Å². The summed E-state index contributed by atoms with van der Waals surface area (Å²) in [5.74, 6) is -0.339. The number of anilines is 1. The second-order valence-electron chi connectivity index (χ2n) is 4.91. The normalized spacial score (nSPS) is 11.8. The van der Waals surface area contributed by atoms with Crippen molar-refractivity contribution in [1.29, 1.82) is 0 Å². The average Bonchev–Trinajstić information content (AvgIpc) is 2.73. The average molecular weight is 312 g/mol. The predicted octanol–water partition coefficient (Wildman–Crippen LogP) is 1.24. The van der Waals surface area contributed by atoms with E-state index in [9.17, 15) is 12.8 Å². The van der Waals surface area contributed by atoms with Gasteiger partial charge < -0.3 is 10.3 Å². The van der Waals surface area contributed by atoms with Crippen LogP contribution in [0.5, 0.6) is 0 Å². The number of hydrogen-bond acceptors (Lipinski definition) is 4. The van der Waals surface area contributed by atoms with E-state index in [2.05, 4.69) is 9.71 Å². The van der Waals surface area contributed by atoms with Crippen molar-refractivity contribution in [1.82, 2.24) is 14.3 Å². The highest BCUT2D eigenvalue weighted by molar-refractivity contribution is 7.89. The number of aryl methyl sites for hydroxylation is 3. The Morgan fingerprint density at radius 3 is 2.38 bits per heavy atom. The molecule has 8 heteroatoms. The first-order valence-electron chi connectivity index (χ1n) is 6.24. The van der Waals surface area contributed by atoms with Gasteiger partial charge in [0.1, 0.15) is 5.82 Å². The summed E-state index contributed by atoms with van der Waals surface area (Å²) >= 11 is 0. The van der Waals surface area contributed by atoms with Crippen molar-refractivity contribution in [2.24, 2.45) is 7.05 Å². The fraction of sp³-hybridized carbons (Fsp3) is 0.308. The molecule has 21 heavy (non-hydrogen) atoms. The zero-order chi connectivity index (χ0) is 15.8. The molecule has 1 aromatic heterocycles. The minimum atomic E-state index is -3.78. The Hall–Kier alpha value is -1.93. The molecule has 0 amide bonds. The van der Waals surface area contributed by atoms with Crippen LogP contribution in [0.2, 0.25) is 0 Å². The number of rotatable bonds is 4.